The Bertz CT molecular complexity index is 545. The predicted molar refractivity (Wildman–Crippen MR) is 68.7 cm³/mol. The van der Waals surface area contributed by atoms with Gasteiger partial charge in [-0.05, 0) is 6.26 Å². The summed E-state index contributed by atoms with van der Waals surface area (Å²) in [4.78, 5) is 20.2. The van der Waals surface area contributed by atoms with Crippen molar-refractivity contribution in [2.75, 3.05) is 6.26 Å². The lowest BCUT2D eigenvalue weighted by molar-refractivity contribution is 0.103. The minimum absolute atomic E-state index is 0.148. The summed E-state index contributed by atoms with van der Waals surface area (Å²) in [5, 5.41) is 0.778. The van der Waals surface area contributed by atoms with E-state index in [1.165, 1.54) is 17.8 Å². The van der Waals surface area contributed by atoms with Crippen LogP contribution in [0.25, 0.3) is 0 Å². The van der Waals surface area contributed by atoms with Gasteiger partial charge in [-0.25, -0.2) is 9.97 Å². The fourth-order valence-corrected chi connectivity index (χ4v) is 1.95. The zero-order chi connectivity index (χ0) is 12.3. The Kier molecular flexibility index (Phi) is 3.76. The van der Waals surface area contributed by atoms with Crippen LogP contribution in [0.3, 0.4) is 0 Å². The van der Waals surface area contributed by atoms with E-state index in [1.54, 1.807) is 12.1 Å². The number of hydrogen-bond donors (Lipinski definition) is 0. The smallest absolute Gasteiger partial charge is 0.211 e. The largest absolute Gasteiger partial charge is 0.287 e. The number of carbonyl (C=O) groups excluding carboxylic acids is 1. The van der Waals surface area contributed by atoms with Gasteiger partial charge in [0.05, 0.1) is 0 Å². The second-order valence-electron chi connectivity index (χ2n) is 3.26. The van der Waals surface area contributed by atoms with E-state index in [0.29, 0.717) is 16.4 Å². The Morgan fingerprint density at radius 3 is 2.59 bits per heavy atom. The Morgan fingerprint density at radius 1 is 1.24 bits per heavy atom. The van der Waals surface area contributed by atoms with Crippen LogP contribution in [-0.2, 0) is 0 Å². The van der Waals surface area contributed by atoms with Gasteiger partial charge in [0.2, 0.25) is 5.78 Å². The molecule has 3 nitrogen and oxygen atoms in total. The first-order chi connectivity index (χ1) is 8.20. The van der Waals surface area contributed by atoms with Crippen LogP contribution in [0.2, 0.25) is 5.15 Å². The van der Waals surface area contributed by atoms with Crippen molar-refractivity contribution in [2.45, 2.75) is 5.16 Å². The molecule has 1 aromatic heterocycles. The molecular weight excluding hydrogens is 256 g/mol. The molecule has 5 heteroatoms. The van der Waals surface area contributed by atoms with Gasteiger partial charge in [-0.15, -0.1) is 0 Å². The van der Waals surface area contributed by atoms with Gasteiger partial charge in [0, 0.05) is 11.6 Å². The summed E-state index contributed by atoms with van der Waals surface area (Å²) < 4.78 is 0. The van der Waals surface area contributed by atoms with Crippen molar-refractivity contribution in [3.05, 3.63) is 52.8 Å². The molecule has 0 fully saturated rings. The summed E-state index contributed by atoms with van der Waals surface area (Å²) >= 11 is 7.19. The summed E-state index contributed by atoms with van der Waals surface area (Å²) in [6.45, 7) is 0. The number of nitrogens with zero attached hydrogens (tertiary/aromatic N) is 2. The second kappa shape index (κ2) is 5.29. The average molecular weight is 265 g/mol. The molecule has 0 spiro atoms. The van der Waals surface area contributed by atoms with Crippen LogP contribution in [0, 0.1) is 0 Å². The van der Waals surface area contributed by atoms with E-state index in [9.17, 15) is 4.79 Å². The number of benzene rings is 1. The van der Waals surface area contributed by atoms with Gasteiger partial charge in [0.25, 0.3) is 0 Å². The maximum absolute atomic E-state index is 12.1. The minimum atomic E-state index is -0.148. The number of hydrogen-bond acceptors (Lipinski definition) is 4. The van der Waals surface area contributed by atoms with Crippen LogP contribution < -0.4 is 0 Å². The van der Waals surface area contributed by atoms with E-state index in [-0.39, 0.29) is 10.9 Å². The highest BCUT2D eigenvalue weighted by Crippen LogP contribution is 2.16. The molecule has 0 amide bonds. The molecule has 0 aliphatic heterocycles. The van der Waals surface area contributed by atoms with Crippen molar-refractivity contribution < 1.29 is 4.79 Å². The molecule has 86 valence electrons. The second-order valence-corrected chi connectivity index (χ2v) is 4.42. The molecule has 0 saturated carbocycles. The molecular formula is C12H9ClN2OS. The summed E-state index contributed by atoms with van der Waals surface area (Å²) in [7, 11) is 0. The quantitative estimate of drug-likeness (QED) is 0.370. The zero-order valence-electron chi connectivity index (χ0n) is 9.05. The van der Waals surface area contributed by atoms with Gasteiger partial charge in [0.1, 0.15) is 10.8 Å². The van der Waals surface area contributed by atoms with E-state index in [0.717, 1.165) is 0 Å². The average Bonchev–Trinajstić information content (AvgIpc) is 2.38. The highest BCUT2D eigenvalue weighted by molar-refractivity contribution is 7.98. The Balaban J connectivity index is 2.41. The predicted octanol–water partition coefficient (Wildman–Crippen LogP) is 3.08. The van der Waals surface area contributed by atoms with E-state index in [2.05, 4.69) is 9.97 Å². The number of halogens is 1. The molecule has 2 rings (SSSR count). The lowest BCUT2D eigenvalue weighted by atomic mass is 10.1. The molecule has 1 aromatic carbocycles. The highest BCUT2D eigenvalue weighted by Gasteiger charge is 2.12. The number of rotatable bonds is 3. The molecule has 0 bridgehead atoms. The summed E-state index contributed by atoms with van der Waals surface area (Å²) in [6, 6.07) is 10.5. The standard InChI is InChI=1S/C12H9ClN2OS/c1-17-12-14-9(7-10(13)15-12)11(16)8-5-3-2-4-6-8/h2-7H,1H3. The van der Waals surface area contributed by atoms with Gasteiger partial charge in [-0.3, -0.25) is 4.79 Å². The third-order valence-corrected chi connectivity index (χ3v) is 2.87. The molecule has 0 atom stereocenters. The summed E-state index contributed by atoms with van der Waals surface area (Å²) in [6.07, 6.45) is 1.84. The lowest BCUT2D eigenvalue weighted by Crippen LogP contribution is -2.05. The Morgan fingerprint density at radius 2 is 1.94 bits per heavy atom. The Labute approximate surface area is 108 Å². The van der Waals surface area contributed by atoms with Crippen molar-refractivity contribution in [1.29, 1.82) is 0 Å². The molecule has 0 aliphatic carbocycles. The van der Waals surface area contributed by atoms with Gasteiger partial charge in [-0.2, -0.15) is 0 Å². The number of carbonyl (C=O) groups is 1. The van der Waals surface area contributed by atoms with Crippen molar-refractivity contribution in [3.8, 4) is 0 Å². The molecule has 0 radical (unpaired) electrons. The molecule has 0 N–H and O–H groups in total. The normalized spacial score (nSPS) is 10.2. The third kappa shape index (κ3) is 2.84. The van der Waals surface area contributed by atoms with Crippen molar-refractivity contribution in [3.63, 3.8) is 0 Å². The molecule has 2 aromatic rings. The first kappa shape index (κ1) is 12.1. The summed E-state index contributed by atoms with van der Waals surface area (Å²) in [5.74, 6) is -0.148. The molecule has 0 aliphatic rings. The minimum Gasteiger partial charge on any atom is -0.287 e. The SMILES string of the molecule is CSc1nc(Cl)cc(C(=O)c2ccccc2)n1. The first-order valence-electron chi connectivity index (χ1n) is 4.89. The van der Waals surface area contributed by atoms with Gasteiger partial charge in [-0.1, -0.05) is 53.7 Å². The fraction of sp³-hybridized carbons (Fsp3) is 0.0833. The lowest BCUT2D eigenvalue weighted by Gasteiger charge is -2.02. The van der Waals surface area contributed by atoms with Crippen LogP contribution in [0.1, 0.15) is 16.1 Å². The summed E-state index contributed by atoms with van der Waals surface area (Å²) in [5.41, 5.74) is 0.912. The van der Waals surface area contributed by atoms with Crippen molar-refractivity contribution >= 4 is 29.1 Å². The van der Waals surface area contributed by atoms with Crippen molar-refractivity contribution in [1.82, 2.24) is 9.97 Å². The fourth-order valence-electron chi connectivity index (χ4n) is 1.34. The molecule has 0 saturated heterocycles. The molecule has 17 heavy (non-hydrogen) atoms. The Hall–Kier alpha value is -1.39. The van der Waals surface area contributed by atoms with Crippen LogP contribution in [-0.4, -0.2) is 22.0 Å². The van der Waals surface area contributed by atoms with Crippen LogP contribution >= 0.6 is 23.4 Å². The van der Waals surface area contributed by atoms with E-state index >= 15 is 0 Å². The number of thioether (sulfide) groups is 1. The zero-order valence-corrected chi connectivity index (χ0v) is 10.6. The maximum Gasteiger partial charge on any atom is 0.211 e. The topological polar surface area (TPSA) is 42.9 Å². The van der Waals surface area contributed by atoms with Gasteiger partial charge >= 0.3 is 0 Å². The van der Waals surface area contributed by atoms with Crippen molar-refractivity contribution in [2.24, 2.45) is 0 Å². The van der Waals surface area contributed by atoms with Crippen LogP contribution in [0.5, 0.6) is 0 Å². The van der Waals surface area contributed by atoms with Gasteiger partial charge in [0.15, 0.2) is 5.16 Å². The molecule has 1 heterocycles. The van der Waals surface area contributed by atoms with E-state index < -0.39 is 0 Å². The first-order valence-corrected chi connectivity index (χ1v) is 6.49. The van der Waals surface area contributed by atoms with Gasteiger partial charge < -0.3 is 0 Å². The molecule has 0 unspecified atom stereocenters. The number of aromatic nitrogens is 2. The van der Waals surface area contributed by atoms with Crippen LogP contribution in [0.15, 0.2) is 41.6 Å². The van der Waals surface area contributed by atoms with Crippen LogP contribution in [0.4, 0.5) is 0 Å². The monoisotopic (exact) mass is 264 g/mol. The third-order valence-electron chi connectivity index (χ3n) is 2.13. The maximum atomic E-state index is 12.1. The number of ketones is 1. The van der Waals surface area contributed by atoms with E-state index in [4.69, 9.17) is 11.6 Å². The van der Waals surface area contributed by atoms with E-state index in [1.807, 2.05) is 24.5 Å². The highest BCUT2D eigenvalue weighted by atomic mass is 35.5.